The first-order valence-corrected chi connectivity index (χ1v) is 7.47. The zero-order valence-corrected chi connectivity index (χ0v) is 13.0. The average molecular weight is 263 g/mol. The fraction of sp³-hybridized carbons (Fsp3) is 0.647. The Morgan fingerprint density at radius 2 is 1.53 bits per heavy atom. The summed E-state index contributed by atoms with van der Waals surface area (Å²) in [5.41, 5.74) is 2.33. The number of benzene rings is 1. The number of nitrogens with one attached hydrogen (secondary N) is 1. The van der Waals surface area contributed by atoms with Gasteiger partial charge in [0.05, 0.1) is 6.10 Å². The molecule has 0 aliphatic rings. The van der Waals surface area contributed by atoms with Crippen molar-refractivity contribution in [3.63, 3.8) is 0 Å². The summed E-state index contributed by atoms with van der Waals surface area (Å²) in [4.78, 5) is 0. The molecule has 0 aliphatic heterocycles. The minimum absolute atomic E-state index is 0.132. The molecule has 1 aromatic rings. The molecular weight excluding hydrogens is 234 g/mol. The van der Waals surface area contributed by atoms with Crippen molar-refractivity contribution < 1.29 is 5.11 Å². The van der Waals surface area contributed by atoms with Crippen LogP contribution >= 0.6 is 0 Å². The highest BCUT2D eigenvalue weighted by atomic mass is 16.3. The highest BCUT2D eigenvalue weighted by Gasteiger charge is 2.19. The predicted octanol–water partition coefficient (Wildman–Crippen LogP) is 3.87. The number of hydrogen-bond donors (Lipinski definition) is 2. The van der Waals surface area contributed by atoms with Crippen molar-refractivity contribution in [3.8, 4) is 0 Å². The van der Waals surface area contributed by atoms with Crippen molar-refractivity contribution >= 4 is 0 Å². The van der Waals surface area contributed by atoms with E-state index in [1.165, 1.54) is 5.56 Å². The first-order valence-electron chi connectivity index (χ1n) is 7.47. The highest BCUT2D eigenvalue weighted by molar-refractivity contribution is 5.26. The Bertz CT molecular complexity index is 356. The molecule has 0 spiro atoms. The van der Waals surface area contributed by atoms with Crippen LogP contribution in [0.5, 0.6) is 0 Å². The van der Waals surface area contributed by atoms with Gasteiger partial charge in [0.25, 0.3) is 0 Å². The summed E-state index contributed by atoms with van der Waals surface area (Å²) in [5, 5.41) is 13.9. The zero-order valence-electron chi connectivity index (χ0n) is 13.0. The molecule has 0 bridgehead atoms. The Labute approximate surface area is 118 Å². The van der Waals surface area contributed by atoms with E-state index in [-0.39, 0.29) is 6.04 Å². The molecule has 0 saturated heterocycles. The molecule has 2 heteroatoms. The van der Waals surface area contributed by atoms with Gasteiger partial charge in [-0.05, 0) is 35.9 Å². The van der Waals surface area contributed by atoms with Gasteiger partial charge < -0.3 is 10.4 Å². The summed E-state index contributed by atoms with van der Waals surface area (Å²) < 4.78 is 0. The Balaban J connectivity index is 2.70. The molecule has 0 amide bonds. The second kappa shape index (κ2) is 7.66. The first-order chi connectivity index (χ1) is 8.95. The molecule has 1 rings (SSSR count). The molecule has 0 heterocycles. The van der Waals surface area contributed by atoms with Crippen LogP contribution in [0.25, 0.3) is 0 Å². The maximum atomic E-state index is 10.5. The minimum atomic E-state index is -0.426. The van der Waals surface area contributed by atoms with Crippen LogP contribution in [0.3, 0.4) is 0 Å². The third-order valence-electron chi connectivity index (χ3n) is 3.55. The monoisotopic (exact) mass is 263 g/mol. The van der Waals surface area contributed by atoms with Gasteiger partial charge in [0.15, 0.2) is 0 Å². The molecule has 2 atom stereocenters. The molecule has 108 valence electrons. The normalized spacial score (nSPS) is 14.9. The molecule has 0 aliphatic carbocycles. The van der Waals surface area contributed by atoms with Gasteiger partial charge in [0.1, 0.15) is 0 Å². The molecule has 1 aromatic carbocycles. The van der Waals surface area contributed by atoms with Crippen molar-refractivity contribution in [3.05, 3.63) is 35.4 Å². The van der Waals surface area contributed by atoms with E-state index in [1.54, 1.807) is 0 Å². The van der Waals surface area contributed by atoms with E-state index in [0.29, 0.717) is 11.8 Å². The molecule has 0 aromatic heterocycles. The zero-order chi connectivity index (χ0) is 14.4. The van der Waals surface area contributed by atoms with Crippen LogP contribution in [-0.2, 0) is 0 Å². The third kappa shape index (κ3) is 4.96. The van der Waals surface area contributed by atoms with Gasteiger partial charge in [-0.15, -0.1) is 0 Å². The summed E-state index contributed by atoms with van der Waals surface area (Å²) in [6.07, 6.45) is 0.504. The summed E-state index contributed by atoms with van der Waals surface area (Å²) in [6.45, 7) is 11.8. The lowest BCUT2D eigenvalue weighted by molar-refractivity contribution is 0.124. The average Bonchev–Trinajstić information content (AvgIpc) is 2.39. The SMILES string of the molecule is CCC(NCC(C)C)C(O)c1ccc(C(C)C)cc1. The maximum Gasteiger partial charge on any atom is 0.0942 e. The van der Waals surface area contributed by atoms with Gasteiger partial charge in [-0.1, -0.05) is 58.9 Å². The van der Waals surface area contributed by atoms with Gasteiger partial charge >= 0.3 is 0 Å². The van der Waals surface area contributed by atoms with E-state index < -0.39 is 6.10 Å². The summed E-state index contributed by atoms with van der Waals surface area (Å²) in [5.74, 6) is 1.14. The first kappa shape index (κ1) is 16.2. The number of rotatable bonds is 7. The van der Waals surface area contributed by atoms with Crippen LogP contribution in [0.15, 0.2) is 24.3 Å². The lowest BCUT2D eigenvalue weighted by Crippen LogP contribution is -2.36. The van der Waals surface area contributed by atoms with Crippen LogP contribution in [0, 0.1) is 5.92 Å². The van der Waals surface area contributed by atoms with Crippen molar-refractivity contribution in [1.29, 1.82) is 0 Å². The minimum Gasteiger partial charge on any atom is -0.387 e. The lowest BCUT2D eigenvalue weighted by atomic mass is 9.96. The molecule has 0 saturated carbocycles. The van der Waals surface area contributed by atoms with Crippen molar-refractivity contribution in [2.75, 3.05) is 6.54 Å². The fourth-order valence-electron chi connectivity index (χ4n) is 2.18. The van der Waals surface area contributed by atoms with Crippen LogP contribution < -0.4 is 5.32 Å². The molecule has 2 N–H and O–H groups in total. The molecule has 0 fully saturated rings. The fourth-order valence-corrected chi connectivity index (χ4v) is 2.18. The van der Waals surface area contributed by atoms with Gasteiger partial charge in [0.2, 0.25) is 0 Å². The summed E-state index contributed by atoms with van der Waals surface area (Å²) in [6, 6.07) is 8.49. The van der Waals surface area contributed by atoms with Crippen molar-refractivity contribution in [1.82, 2.24) is 5.32 Å². The Morgan fingerprint density at radius 1 is 1.00 bits per heavy atom. The predicted molar refractivity (Wildman–Crippen MR) is 82.4 cm³/mol. The second-order valence-corrected chi connectivity index (χ2v) is 6.08. The van der Waals surface area contributed by atoms with Crippen molar-refractivity contribution in [2.45, 2.75) is 59.1 Å². The van der Waals surface area contributed by atoms with Gasteiger partial charge in [0, 0.05) is 6.04 Å². The standard InChI is InChI=1S/C17H29NO/c1-6-16(18-11-12(2)3)17(19)15-9-7-14(8-10-15)13(4)5/h7-10,12-13,16-19H,6,11H2,1-5H3. The van der Waals surface area contributed by atoms with Crippen LogP contribution in [0.4, 0.5) is 0 Å². The van der Waals surface area contributed by atoms with Gasteiger partial charge in [-0.25, -0.2) is 0 Å². The van der Waals surface area contributed by atoms with E-state index in [0.717, 1.165) is 18.5 Å². The lowest BCUT2D eigenvalue weighted by Gasteiger charge is -2.24. The smallest absolute Gasteiger partial charge is 0.0942 e. The van der Waals surface area contributed by atoms with E-state index in [4.69, 9.17) is 0 Å². The molecule has 19 heavy (non-hydrogen) atoms. The Hall–Kier alpha value is -0.860. The Morgan fingerprint density at radius 3 is 1.95 bits per heavy atom. The van der Waals surface area contributed by atoms with E-state index in [1.807, 2.05) is 0 Å². The summed E-state index contributed by atoms with van der Waals surface area (Å²) >= 11 is 0. The molecule has 2 nitrogen and oxygen atoms in total. The van der Waals surface area contributed by atoms with Crippen molar-refractivity contribution in [2.24, 2.45) is 5.92 Å². The number of aliphatic hydroxyl groups is 1. The van der Waals surface area contributed by atoms with E-state index in [2.05, 4.69) is 64.2 Å². The van der Waals surface area contributed by atoms with Crippen LogP contribution in [0.2, 0.25) is 0 Å². The molecule has 2 unspecified atom stereocenters. The highest BCUT2D eigenvalue weighted by Crippen LogP contribution is 2.22. The molecular formula is C17H29NO. The van der Waals surface area contributed by atoms with E-state index >= 15 is 0 Å². The second-order valence-electron chi connectivity index (χ2n) is 6.08. The Kier molecular flexibility index (Phi) is 6.53. The molecule has 0 radical (unpaired) electrons. The van der Waals surface area contributed by atoms with Crippen LogP contribution in [-0.4, -0.2) is 17.7 Å². The maximum absolute atomic E-state index is 10.5. The number of hydrogen-bond acceptors (Lipinski definition) is 2. The van der Waals surface area contributed by atoms with E-state index in [9.17, 15) is 5.11 Å². The quantitative estimate of drug-likeness (QED) is 0.782. The number of aliphatic hydroxyl groups excluding tert-OH is 1. The van der Waals surface area contributed by atoms with Crippen LogP contribution in [0.1, 0.15) is 64.2 Å². The summed E-state index contributed by atoms with van der Waals surface area (Å²) in [7, 11) is 0. The van der Waals surface area contributed by atoms with Gasteiger partial charge in [-0.2, -0.15) is 0 Å². The van der Waals surface area contributed by atoms with Gasteiger partial charge in [-0.3, -0.25) is 0 Å². The third-order valence-corrected chi connectivity index (χ3v) is 3.55. The largest absolute Gasteiger partial charge is 0.387 e. The topological polar surface area (TPSA) is 32.3 Å².